The van der Waals surface area contributed by atoms with Gasteiger partial charge in [0.05, 0.1) is 16.8 Å². The van der Waals surface area contributed by atoms with Crippen LogP contribution in [0.4, 0.5) is 5.69 Å². The maximum absolute atomic E-state index is 5.79. The molecule has 0 unspecified atom stereocenters. The predicted molar refractivity (Wildman–Crippen MR) is 60.9 cm³/mol. The summed E-state index contributed by atoms with van der Waals surface area (Å²) in [6.07, 6.45) is 0. The van der Waals surface area contributed by atoms with Gasteiger partial charge in [-0.3, -0.25) is 0 Å². The average Bonchev–Trinajstić information content (AvgIpc) is 2.09. The monoisotopic (exact) mass is 279 g/mol. The lowest BCUT2D eigenvalue weighted by atomic mass is 10.3. The minimum absolute atomic E-state index is 0.459. The number of rotatable bonds is 4. The summed E-state index contributed by atoms with van der Waals surface area (Å²) in [4.78, 5) is 0. The van der Waals surface area contributed by atoms with Gasteiger partial charge in [-0.1, -0.05) is 11.6 Å². The van der Waals surface area contributed by atoms with Gasteiger partial charge in [0.25, 0.3) is 0 Å². The maximum atomic E-state index is 5.79. The Hall–Kier alpha value is -0.450. The largest absolute Gasteiger partial charge is 0.488 e. The molecular formula is C9H11BrClNO2. The van der Waals surface area contributed by atoms with Crippen LogP contribution in [0.5, 0.6) is 5.75 Å². The van der Waals surface area contributed by atoms with Gasteiger partial charge >= 0.3 is 0 Å². The SMILES string of the molecule is COCCOc1c(N)cc(Cl)cc1Br. The topological polar surface area (TPSA) is 44.5 Å². The average molecular weight is 281 g/mol. The molecule has 0 radical (unpaired) electrons. The van der Waals surface area contributed by atoms with Crippen LogP contribution in [0.1, 0.15) is 0 Å². The van der Waals surface area contributed by atoms with E-state index >= 15 is 0 Å². The number of methoxy groups -OCH3 is 1. The maximum Gasteiger partial charge on any atom is 0.156 e. The Morgan fingerprint density at radius 2 is 2.14 bits per heavy atom. The first kappa shape index (κ1) is 11.6. The van der Waals surface area contributed by atoms with E-state index in [1.165, 1.54) is 0 Å². The summed E-state index contributed by atoms with van der Waals surface area (Å²) >= 11 is 9.11. The summed E-state index contributed by atoms with van der Waals surface area (Å²) in [5.41, 5.74) is 6.24. The number of nitrogens with two attached hydrogens (primary N) is 1. The zero-order valence-electron chi connectivity index (χ0n) is 7.72. The van der Waals surface area contributed by atoms with Crippen LogP contribution in [-0.4, -0.2) is 20.3 Å². The fraction of sp³-hybridized carbons (Fsp3) is 0.333. The van der Waals surface area contributed by atoms with Gasteiger partial charge in [0.1, 0.15) is 6.61 Å². The molecule has 0 fully saturated rings. The molecule has 1 aromatic rings. The molecule has 5 heteroatoms. The molecule has 0 spiro atoms. The van der Waals surface area contributed by atoms with Gasteiger partial charge < -0.3 is 15.2 Å². The first-order chi connectivity index (χ1) is 6.65. The minimum Gasteiger partial charge on any atom is -0.488 e. The number of anilines is 1. The quantitative estimate of drug-likeness (QED) is 0.681. The molecule has 0 bridgehead atoms. The van der Waals surface area contributed by atoms with Gasteiger partial charge in [-0.15, -0.1) is 0 Å². The van der Waals surface area contributed by atoms with Gasteiger partial charge in [-0.2, -0.15) is 0 Å². The van der Waals surface area contributed by atoms with Crippen LogP contribution in [0.3, 0.4) is 0 Å². The molecule has 0 aliphatic rings. The summed E-state index contributed by atoms with van der Waals surface area (Å²) in [7, 11) is 1.61. The second-order valence-electron chi connectivity index (χ2n) is 2.65. The number of nitrogen functional groups attached to an aromatic ring is 1. The fourth-order valence-electron chi connectivity index (χ4n) is 0.960. The van der Waals surface area contributed by atoms with Crippen molar-refractivity contribution in [2.75, 3.05) is 26.1 Å². The third kappa shape index (κ3) is 3.04. The highest BCUT2D eigenvalue weighted by Crippen LogP contribution is 2.34. The molecule has 0 atom stereocenters. The zero-order valence-corrected chi connectivity index (χ0v) is 10.1. The van der Waals surface area contributed by atoms with Crippen molar-refractivity contribution in [3.8, 4) is 5.75 Å². The Morgan fingerprint density at radius 3 is 2.71 bits per heavy atom. The molecule has 1 aromatic carbocycles. The van der Waals surface area contributed by atoms with Gasteiger partial charge in [0.2, 0.25) is 0 Å². The predicted octanol–water partition coefficient (Wildman–Crippen LogP) is 2.71. The molecule has 0 heterocycles. The summed E-state index contributed by atoms with van der Waals surface area (Å²) in [5, 5.41) is 0.577. The Kier molecular flexibility index (Phi) is 4.51. The normalized spacial score (nSPS) is 10.2. The third-order valence-corrected chi connectivity index (χ3v) is 2.38. The van der Waals surface area contributed by atoms with Crippen molar-refractivity contribution < 1.29 is 9.47 Å². The van der Waals surface area contributed by atoms with Crippen molar-refractivity contribution in [1.29, 1.82) is 0 Å². The second-order valence-corrected chi connectivity index (χ2v) is 3.94. The minimum atomic E-state index is 0.459. The van der Waals surface area contributed by atoms with Crippen molar-refractivity contribution in [3.63, 3.8) is 0 Å². The van der Waals surface area contributed by atoms with Gasteiger partial charge in [0, 0.05) is 12.1 Å². The summed E-state index contributed by atoms with van der Waals surface area (Å²) < 4.78 is 11.0. The van der Waals surface area contributed by atoms with Crippen LogP contribution in [0.15, 0.2) is 16.6 Å². The number of benzene rings is 1. The fourth-order valence-corrected chi connectivity index (χ4v) is 1.91. The lowest BCUT2D eigenvalue weighted by Crippen LogP contribution is -2.06. The first-order valence-corrected chi connectivity index (χ1v) is 5.18. The van der Waals surface area contributed by atoms with Crippen molar-refractivity contribution in [2.45, 2.75) is 0 Å². The van der Waals surface area contributed by atoms with E-state index in [-0.39, 0.29) is 0 Å². The van der Waals surface area contributed by atoms with E-state index in [1.807, 2.05) is 0 Å². The molecule has 14 heavy (non-hydrogen) atoms. The Labute approximate surface area is 96.3 Å². The van der Waals surface area contributed by atoms with E-state index in [2.05, 4.69) is 15.9 Å². The Balaban J connectivity index is 2.75. The molecule has 0 aromatic heterocycles. The lowest BCUT2D eigenvalue weighted by molar-refractivity contribution is 0.146. The first-order valence-electron chi connectivity index (χ1n) is 4.01. The van der Waals surface area contributed by atoms with Crippen LogP contribution >= 0.6 is 27.5 Å². The highest BCUT2D eigenvalue weighted by Gasteiger charge is 2.07. The van der Waals surface area contributed by atoms with Crippen LogP contribution in [0.25, 0.3) is 0 Å². The molecule has 0 aliphatic carbocycles. The van der Waals surface area contributed by atoms with Crippen LogP contribution < -0.4 is 10.5 Å². The molecule has 3 nitrogen and oxygen atoms in total. The number of halogens is 2. The summed E-state index contributed by atoms with van der Waals surface area (Å²) in [5.74, 6) is 0.603. The number of ether oxygens (including phenoxy) is 2. The molecule has 0 aliphatic heterocycles. The van der Waals surface area contributed by atoms with Crippen LogP contribution in [-0.2, 0) is 4.74 Å². The molecule has 0 amide bonds. The molecule has 2 N–H and O–H groups in total. The van der Waals surface area contributed by atoms with Crippen LogP contribution in [0, 0.1) is 0 Å². The molecular weight excluding hydrogens is 269 g/mol. The van der Waals surface area contributed by atoms with Crippen molar-refractivity contribution in [3.05, 3.63) is 21.6 Å². The van der Waals surface area contributed by atoms with Crippen molar-refractivity contribution in [2.24, 2.45) is 0 Å². The molecule has 1 rings (SSSR count). The summed E-state index contributed by atoms with van der Waals surface area (Å²) in [6.45, 7) is 0.982. The molecule has 78 valence electrons. The zero-order chi connectivity index (χ0) is 10.6. The highest BCUT2D eigenvalue weighted by atomic mass is 79.9. The van der Waals surface area contributed by atoms with E-state index in [9.17, 15) is 0 Å². The van der Waals surface area contributed by atoms with Gasteiger partial charge in [-0.05, 0) is 28.1 Å². The number of hydrogen-bond donors (Lipinski definition) is 1. The standard InChI is InChI=1S/C9H11BrClNO2/c1-13-2-3-14-9-7(10)4-6(11)5-8(9)12/h4-5H,2-3,12H2,1H3. The second kappa shape index (κ2) is 5.44. The van der Waals surface area contributed by atoms with E-state index in [0.717, 1.165) is 4.47 Å². The van der Waals surface area contributed by atoms with Crippen molar-refractivity contribution >= 4 is 33.2 Å². The lowest BCUT2D eigenvalue weighted by Gasteiger charge is -2.10. The van der Waals surface area contributed by atoms with Gasteiger partial charge in [0.15, 0.2) is 5.75 Å². The Morgan fingerprint density at radius 1 is 1.43 bits per heavy atom. The van der Waals surface area contributed by atoms with Crippen LogP contribution in [0.2, 0.25) is 5.02 Å². The van der Waals surface area contributed by atoms with E-state index in [0.29, 0.717) is 29.7 Å². The number of hydrogen-bond acceptors (Lipinski definition) is 3. The Bertz CT molecular complexity index is 297. The van der Waals surface area contributed by atoms with E-state index < -0.39 is 0 Å². The van der Waals surface area contributed by atoms with Crippen molar-refractivity contribution in [1.82, 2.24) is 0 Å². The van der Waals surface area contributed by atoms with E-state index in [1.54, 1.807) is 19.2 Å². The molecule has 0 saturated carbocycles. The van der Waals surface area contributed by atoms with E-state index in [4.69, 9.17) is 26.8 Å². The van der Waals surface area contributed by atoms with Gasteiger partial charge in [-0.25, -0.2) is 0 Å². The summed E-state index contributed by atoms with van der Waals surface area (Å²) in [6, 6.07) is 3.38. The molecule has 0 saturated heterocycles. The third-order valence-electron chi connectivity index (χ3n) is 1.57. The highest BCUT2D eigenvalue weighted by molar-refractivity contribution is 9.10. The smallest absolute Gasteiger partial charge is 0.156 e.